The van der Waals surface area contributed by atoms with E-state index in [-0.39, 0.29) is 18.5 Å². The van der Waals surface area contributed by atoms with E-state index in [1.807, 2.05) is 60.4 Å². The first-order chi connectivity index (χ1) is 16.4. The Hall–Kier alpha value is -3.71. The predicted molar refractivity (Wildman–Crippen MR) is 133 cm³/mol. The second kappa shape index (κ2) is 10.1. The summed E-state index contributed by atoms with van der Waals surface area (Å²) in [7, 11) is 3.01. The molecule has 0 spiro atoms. The predicted octanol–water partition coefficient (Wildman–Crippen LogP) is 5.27. The summed E-state index contributed by atoms with van der Waals surface area (Å²) in [5, 5.41) is 5.95. The van der Waals surface area contributed by atoms with Crippen molar-refractivity contribution >= 4 is 34.9 Å². The average molecular weight is 480 g/mol. The van der Waals surface area contributed by atoms with Gasteiger partial charge in [0, 0.05) is 29.9 Å². The van der Waals surface area contributed by atoms with E-state index < -0.39 is 6.03 Å². The third kappa shape index (κ3) is 4.79. The summed E-state index contributed by atoms with van der Waals surface area (Å²) in [6.45, 7) is 2.33. The smallest absolute Gasteiger partial charge is 0.319 e. The zero-order valence-corrected chi connectivity index (χ0v) is 20.0. The number of benzene rings is 3. The van der Waals surface area contributed by atoms with Gasteiger partial charge < -0.3 is 25.0 Å². The summed E-state index contributed by atoms with van der Waals surface area (Å²) >= 11 is 6.18. The Kier molecular flexibility index (Phi) is 6.93. The van der Waals surface area contributed by atoms with E-state index in [9.17, 15) is 9.59 Å². The number of rotatable bonds is 6. The molecular formula is C26H26ClN3O4. The third-order valence-electron chi connectivity index (χ3n) is 5.78. The van der Waals surface area contributed by atoms with Gasteiger partial charge in [0.1, 0.15) is 11.5 Å². The summed E-state index contributed by atoms with van der Waals surface area (Å²) in [5.74, 6) is 0.850. The summed E-state index contributed by atoms with van der Waals surface area (Å²) in [6, 6.07) is 18.0. The monoisotopic (exact) mass is 479 g/mol. The molecule has 3 amide bonds. The maximum absolute atomic E-state index is 13.1. The normalized spacial score (nSPS) is 14.4. The van der Waals surface area contributed by atoms with Gasteiger partial charge in [-0.15, -0.1) is 0 Å². The van der Waals surface area contributed by atoms with E-state index in [2.05, 4.69) is 10.6 Å². The van der Waals surface area contributed by atoms with Crippen molar-refractivity contribution in [2.75, 3.05) is 24.4 Å². The molecule has 0 saturated carbocycles. The molecule has 3 aromatic rings. The fraction of sp³-hybridized carbons (Fsp3) is 0.231. The molecule has 1 heterocycles. The first-order valence-corrected chi connectivity index (χ1v) is 11.3. The van der Waals surface area contributed by atoms with Crippen LogP contribution in [-0.2, 0) is 13.0 Å². The van der Waals surface area contributed by atoms with Crippen molar-refractivity contribution in [3.05, 3.63) is 82.4 Å². The highest BCUT2D eigenvalue weighted by atomic mass is 35.5. The number of methoxy groups -OCH3 is 2. The quantitative estimate of drug-likeness (QED) is 0.504. The van der Waals surface area contributed by atoms with E-state index >= 15 is 0 Å². The topological polar surface area (TPSA) is 79.9 Å². The molecular weight excluding hydrogens is 454 g/mol. The Morgan fingerprint density at radius 3 is 2.47 bits per heavy atom. The lowest BCUT2D eigenvalue weighted by Gasteiger charge is -2.23. The van der Waals surface area contributed by atoms with E-state index in [1.54, 1.807) is 12.1 Å². The van der Waals surface area contributed by atoms with Crippen LogP contribution in [0.3, 0.4) is 0 Å². The maximum atomic E-state index is 13.1. The molecule has 0 saturated heterocycles. The standard InChI is InChI=1S/C26H26ClN3O4/c1-16-11-19-10-9-17(12-22(19)30(16)25(31)18-7-5-4-6-8-18)15-28-26(32)29-21-13-20(27)23(33-2)14-24(21)34-3/h4-10,12-14,16H,11,15H2,1-3H3,(H2,28,29,32)/t16-/m1/s1. The van der Waals surface area contributed by atoms with Crippen LogP contribution in [0.1, 0.15) is 28.4 Å². The molecule has 8 heteroatoms. The second-order valence-corrected chi connectivity index (χ2v) is 8.46. The number of nitrogens with one attached hydrogen (secondary N) is 2. The Balaban J connectivity index is 1.46. The second-order valence-electron chi connectivity index (χ2n) is 8.05. The lowest BCUT2D eigenvalue weighted by molar-refractivity contribution is 0.0981. The SMILES string of the molecule is COc1cc(OC)c(NC(=O)NCc2ccc3c(c2)N(C(=O)c2ccccc2)[C@H](C)C3)cc1Cl. The Morgan fingerprint density at radius 1 is 1.03 bits per heavy atom. The van der Waals surface area contributed by atoms with E-state index in [0.29, 0.717) is 27.8 Å². The number of carbonyl (C=O) groups is 2. The van der Waals surface area contributed by atoms with Gasteiger partial charge in [-0.25, -0.2) is 4.79 Å². The fourth-order valence-electron chi connectivity index (χ4n) is 4.10. The van der Waals surface area contributed by atoms with Crippen molar-refractivity contribution in [1.82, 2.24) is 5.32 Å². The zero-order valence-electron chi connectivity index (χ0n) is 19.2. The van der Waals surface area contributed by atoms with Crippen molar-refractivity contribution in [2.24, 2.45) is 0 Å². The van der Waals surface area contributed by atoms with Crippen LogP contribution in [0.15, 0.2) is 60.7 Å². The van der Waals surface area contributed by atoms with Crippen LogP contribution in [0, 0.1) is 0 Å². The Bertz CT molecular complexity index is 1220. The molecule has 0 fully saturated rings. The highest BCUT2D eigenvalue weighted by Crippen LogP contribution is 2.36. The molecule has 2 N–H and O–H groups in total. The minimum atomic E-state index is -0.411. The highest BCUT2D eigenvalue weighted by Gasteiger charge is 2.31. The fourth-order valence-corrected chi connectivity index (χ4v) is 4.34. The first-order valence-electron chi connectivity index (χ1n) is 10.9. The van der Waals surface area contributed by atoms with Crippen molar-refractivity contribution < 1.29 is 19.1 Å². The summed E-state index contributed by atoms with van der Waals surface area (Å²) in [4.78, 5) is 27.5. The molecule has 7 nitrogen and oxygen atoms in total. The lowest BCUT2D eigenvalue weighted by atomic mass is 10.1. The van der Waals surface area contributed by atoms with E-state index in [4.69, 9.17) is 21.1 Å². The minimum Gasteiger partial charge on any atom is -0.495 e. The first kappa shape index (κ1) is 23.4. The van der Waals surface area contributed by atoms with Crippen LogP contribution in [0.4, 0.5) is 16.2 Å². The van der Waals surface area contributed by atoms with Gasteiger partial charge in [0.15, 0.2) is 0 Å². The van der Waals surface area contributed by atoms with Crippen LogP contribution in [0.25, 0.3) is 0 Å². The molecule has 4 rings (SSSR count). The third-order valence-corrected chi connectivity index (χ3v) is 6.08. The number of fused-ring (bicyclic) bond motifs is 1. The number of hydrogen-bond acceptors (Lipinski definition) is 4. The Labute approximate surface area is 203 Å². The number of urea groups is 1. The van der Waals surface area contributed by atoms with Crippen molar-refractivity contribution in [3.8, 4) is 11.5 Å². The number of nitrogens with zero attached hydrogens (tertiary/aromatic N) is 1. The molecule has 0 aromatic heterocycles. The van der Waals surface area contributed by atoms with Gasteiger partial charge in [-0.1, -0.05) is 41.9 Å². The number of amides is 3. The van der Waals surface area contributed by atoms with Crippen LogP contribution in [0.2, 0.25) is 5.02 Å². The van der Waals surface area contributed by atoms with Crippen LogP contribution in [0.5, 0.6) is 11.5 Å². The maximum Gasteiger partial charge on any atom is 0.319 e. The molecule has 3 aromatic carbocycles. The van der Waals surface area contributed by atoms with E-state index in [1.165, 1.54) is 14.2 Å². The number of halogens is 1. The number of carbonyl (C=O) groups excluding carboxylic acids is 2. The van der Waals surface area contributed by atoms with E-state index in [0.717, 1.165) is 23.2 Å². The van der Waals surface area contributed by atoms with Gasteiger partial charge in [0.25, 0.3) is 5.91 Å². The molecule has 34 heavy (non-hydrogen) atoms. The van der Waals surface area contributed by atoms with Gasteiger partial charge >= 0.3 is 6.03 Å². The largest absolute Gasteiger partial charge is 0.495 e. The molecule has 0 radical (unpaired) electrons. The number of hydrogen-bond donors (Lipinski definition) is 2. The Morgan fingerprint density at radius 2 is 1.76 bits per heavy atom. The van der Waals surface area contributed by atoms with Gasteiger partial charge in [-0.05, 0) is 48.7 Å². The zero-order chi connectivity index (χ0) is 24.2. The summed E-state index contributed by atoms with van der Waals surface area (Å²) < 4.78 is 10.5. The average Bonchev–Trinajstić information content (AvgIpc) is 3.18. The van der Waals surface area contributed by atoms with Crippen LogP contribution < -0.4 is 25.0 Å². The van der Waals surface area contributed by atoms with Gasteiger partial charge in [-0.2, -0.15) is 0 Å². The van der Waals surface area contributed by atoms with Crippen molar-refractivity contribution in [2.45, 2.75) is 25.9 Å². The molecule has 1 aliphatic heterocycles. The lowest BCUT2D eigenvalue weighted by Crippen LogP contribution is -2.35. The minimum absolute atomic E-state index is 0.0295. The van der Waals surface area contributed by atoms with Gasteiger partial charge in [-0.3, -0.25) is 4.79 Å². The molecule has 0 bridgehead atoms. The summed E-state index contributed by atoms with van der Waals surface area (Å²) in [5.41, 5.74) is 3.95. The molecule has 0 aliphatic carbocycles. The molecule has 1 aliphatic rings. The van der Waals surface area contributed by atoms with Gasteiger partial charge in [0.05, 0.1) is 24.9 Å². The number of ether oxygens (including phenoxy) is 2. The molecule has 0 unspecified atom stereocenters. The molecule has 176 valence electrons. The van der Waals surface area contributed by atoms with Crippen LogP contribution in [-0.4, -0.2) is 32.2 Å². The summed E-state index contributed by atoms with van der Waals surface area (Å²) in [6.07, 6.45) is 0.792. The van der Waals surface area contributed by atoms with Crippen molar-refractivity contribution in [1.29, 1.82) is 0 Å². The van der Waals surface area contributed by atoms with Crippen LogP contribution >= 0.6 is 11.6 Å². The highest BCUT2D eigenvalue weighted by molar-refractivity contribution is 6.32. The number of anilines is 2. The van der Waals surface area contributed by atoms with Crippen molar-refractivity contribution in [3.63, 3.8) is 0 Å². The van der Waals surface area contributed by atoms with Gasteiger partial charge in [0.2, 0.25) is 0 Å². The molecule has 1 atom stereocenters.